The van der Waals surface area contributed by atoms with Gasteiger partial charge in [-0.3, -0.25) is 14.3 Å². The molecule has 4 rings (SSSR count). The maximum atomic E-state index is 13.4. The molecule has 0 fully saturated rings. The Morgan fingerprint density at radius 1 is 1.19 bits per heavy atom. The molecule has 4 aromatic rings. The van der Waals surface area contributed by atoms with Crippen molar-refractivity contribution in [2.75, 3.05) is 5.32 Å². The van der Waals surface area contributed by atoms with Crippen LogP contribution in [0.3, 0.4) is 0 Å². The molecule has 8 heteroatoms. The molecule has 0 atom stereocenters. The van der Waals surface area contributed by atoms with Crippen molar-refractivity contribution in [2.24, 2.45) is 0 Å². The third-order valence-corrected chi connectivity index (χ3v) is 5.91. The fourth-order valence-corrected chi connectivity index (χ4v) is 4.20. The third-order valence-electron chi connectivity index (χ3n) is 5.03. The minimum absolute atomic E-state index is 0.185. The number of aromatic nitrogens is 4. The van der Waals surface area contributed by atoms with E-state index in [2.05, 4.69) is 15.5 Å². The number of hydrogen-bond acceptors (Lipinski definition) is 5. The van der Waals surface area contributed by atoms with Crippen LogP contribution in [0.5, 0.6) is 0 Å². The first-order valence-corrected chi connectivity index (χ1v) is 10.9. The van der Waals surface area contributed by atoms with E-state index in [0.717, 1.165) is 21.7 Å². The van der Waals surface area contributed by atoms with Crippen LogP contribution in [-0.4, -0.2) is 25.5 Å². The number of anilines is 1. The number of thiophene rings is 1. The minimum Gasteiger partial charge on any atom is -0.324 e. The van der Waals surface area contributed by atoms with E-state index in [1.807, 2.05) is 70.3 Å². The number of carbonyl (C=O) groups is 1. The van der Waals surface area contributed by atoms with E-state index in [1.165, 1.54) is 16.0 Å². The molecule has 0 aliphatic heterocycles. The van der Waals surface area contributed by atoms with Gasteiger partial charge in [0.25, 0.3) is 5.56 Å². The first kappa shape index (κ1) is 21.0. The lowest BCUT2D eigenvalue weighted by molar-refractivity contribution is -0.117. The molecule has 31 heavy (non-hydrogen) atoms. The van der Waals surface area contributed by atoms with Gasteiger partial charge in [-0.25, -0.2) is 4.68 Å². The molecule has 3 heterocycles. The molecule has 0 bridgehead atoms. The SMILES string of the molecule is Cc1ccc(C)c(NC(=O)Cn2nc(-c3cccs3)c3cnn(C(C)(C)C)c3c2=O)c1. The van der Waals surface area contributed by atoms with Gasteiger partial charge in [0.1, 0.15) is 17.8 Å². The number of fused-ring (bicyclic) bond motifs is 1. The van der Waals surface area contributed by atoms with Gasteiger partial charge in [0, 0.05) is 5.69 Å². The van der Waals surface area contributed by atoms with Crippen molar-refractivity contribution in [3.8, 4) is 10.6 Å². The van der Waals surface area contributed by atoms with E-state index in [1.54, 1.807) is 10.9 Å². The molecule has 7 nitrogen and oxygen atoms in total. The summed E-state index contributed by atoms with van der Waals surface area (Å²) in [6.07, 6.45) is 1.69. The van der Waals surface area contributed by atoms with Gasteiger partial charge in [0.05, 0.1) is 22.0 Å². The fourth-order valence-electron chi connectivity index (χ4n) is 3.48. The monoisotopic (exact) mass is 435 g/mol. The second-order valence-corrected chi connectivity index (χ2v) is 9.59. The number of rotatable bonds is 4. The number of carbonyl (C=O) groups excluding carboxylic acids is 1. The van der Waals surface area contributed by atoms with Crippen LogP contribution in [0.2, 0.25) is 0 Å². The Labute approximate surface area is 184 Å². The van der Waals surface area contributed by atoms with E-state index >= 15 is 0 Å². The van der Waals surface area contributed by atoms with Gasteiger partial charge in [-0.15, -0.1) is 11.3 Å². The largest absolute Gasteiger partial charge is 0.324 e. The van der Waals surface area contributed by atoms with Gasteiger partial charge >= 0.3 is 0 Å². The van der Waals surface area contributed by atoms with Crippen LogP contribution in [0.25, 0.3) is 21.5 Å². The molecular weight excluding hydrogens is 410 g/mol. The van der Waals surface area contributed by atoms with E-state index in [9.17, 15) is 9.59 Å². The quantitative estimate of drug-likeness (QED) is 0.517. The average Bonchev–Trinajstić information content (AvgIpc) is 3.36. The average molecular weight is 436 g/mol. The Morgan fingerprint density at radius 2 is 1.97 bits per heavy atom. The topological polar surface area (TPSA) is 81.8 Å². The zero-order valence-electron chi connectivity index (χ0n) is 18.3. The lowest BCUT2D eigenvalue weighted by Crippen LogP contribution is -2.33. The molecule has 1 N–H and O–H groups in total. The van der Waals surface area contributed by atoms with Crippen molar-refractivity contribution in [1.82, 2.24) is 19.6 Å². The summed E-state index contributed by atoms with van der Waals surface area (Å²) in [5, 5.41) is 14.6. The van der Waals surface area contributed by atoms with Crippen molar-refractivity contribution < 1.29 is 4.79 Å². The lowest BCUT2D eigenvalue weighted by Gasteiger charge is -2.20. The van der Waals surface area contributed by atoms with Gasteiger partial charge in [-0.2, -0.15) is 10.2 Å². The summed E-state index contributed by atoms with van der Waals surface area (Å²) in [5.41, 5.74) is 3.11. The Hall–Kier alpha value is -3.26. The molecule has 160 valence electrons. The number of amides is 1. The molecule has 0 unspecified atom stereocenters. The number of hydrogen-bond donors (Lipinski definition) is 1. The van der Waals surface area contributed by atoms with Crippen molar-refractivity contribution >= 4 is 33.8 Å². The Bertz CT molecular complexity index is 1330. The highest BCUT2D eigenvalue weighted by molar-refractivity contribution is 7.13. The second kappa shape index (κ2) is 7.77. The van der Waals surface area contributed by atoms with Crippen LogP contribution >= 0.6 is 11.3 Å². The van der Waals surface area contributed by atoms with Gasteiger partial charge in [0.15, 0.2) is 0 Å². The van der Waals surface area contributed by atoms with Crippen molar-refractivity contribution in [3.05, 3.63) is 63.4 Å². The van der Waals surface area contributed by atoms with Crippen LogP contribution in [0, 0.1) is 13.8 Å². The van der Waals surface area contributed by atoms with Gasteiger partial charge in [-0.05, 0) is 63.3 Å². The molecule has 0 radical (unpaired) electrons. The predicted octanol–water partition coefficient (Wildman–Crippen LogP) is 4.33. The van der Waals surface area contributed by atoms with Crippen molar-refractivity contribution in [3.63, 3.8) is 0 Å². The first-order valence-electron chi connectivity index (χ1n) is 10.1. The summed E-state index contributed by atoms with van der Waals surface area (Å²) in [5.74, 6) is -0.304. The standard InChI is InChI=1S/C23H25N5O2S/c1-14-8-9-15(2)17(11-14)25-19(29)13-27-22(30)21-16(12-24-28(21)23(3,4)5)20(26-27)18-7-6-10-31-18/h6-12H,13H2,1-5H3,(H,25,29). The van der Waals surface area contributed by atoms with Gasteiger partial charge < -0.3 is 5.32 Å². The fraction of sp³-hybridized carbons (Fsp3) is 0.304. The first-order chi connectivity index (χ1) is 14.6. The van der Waals surface area contributed by atoms with Gasteiger partial charge in [-0.1, -0.05) is 18.2 Å². The molecule has 0 aliphatic rings. The van der Waals surface area contributed by atoms with E-state index in [-0.39, 0.29) is 18.0 Å². The van der Waals surface area contributed by atoms with E-state index in [0.29, 0.717) is 16.6 Å². The highest BCUT2D eigenvalue weighted by atomic mass is 32.1. The summed E-state index contributed by atoms with van der Waals surface area (Å²) in [7, 11) is 0. The summed E-state index contributed by atoms with van der Waals surface area (Å²) >= 11 is 1.53. The molecule has 1 aromatic carbocycles. The van der Waals surface area contributed by atoms with Crippen LogP contribution < -0.4 is 10.9 Å². The van der Waals surface area contributed by atoms with Crippen molar-refractivity contribution in [2.45, 2.75) is 46.7 Å². The summed E-state index contributed by atoms with van der Waals surface area (Å²) < 4.78 is 2.95. The number of nitrogens with one attached hydrogen (secondary N) is 1. The molecule has 0 aliphatic carbocycles. The molecule has 0 saturated heterocycles. The number of nitrogens with zero attached hydrogens (tertiary/aromatic N) is 4. The van der Waals surface area contributed by atoms with E-state index < -0.39 is 5.54 Å². The molecule has 0 saturated carbocycles. The second-order valence-electron chi connectivity index (χ2n) is 8.64. The molecular formula is C23H25N5O2S. The smallest absolute Gasteiger partial charge is 0.293 e. The summed E-state index contributed by atoms with van der Waals surface area (Å²) in [6.45, 7) is 9.68. The summed E-state index contributed by atoms with van der Waals surface area (Å²) in [4.78, 5) is 27.1. The van der Waals surface area contributed by atoms with Crippen LogP contribution in [0.15, 0.2) is 46.7 Å². The predicted molar refractivity (Wildman–Crippen MR) is 125 cm³/mol. The zero-order chi connectivity index (χ0) is 22.3. The van der Waals surface area contributed by atoms with Gasteiger partial charge in [0.2, 0.25) is 5.91 Å². The molecule has 0 spiro atoms. The molecule has 3 aromatic heterocycles. The van der Waals surface area contributed by atoms with E-state index in [4.69, 9.17) is 0 Å². The lowest BCUT2D eigenvalue weighted by atomic mass is 10.1. The Balaban J connectivity index is 1.80. The number of benzene rings is 1. The van der Waals surface area contributed by atoms with Crippen molar-refractivity contribution in [1.29, 1.82) is 0 Å². The highest BCUT2D eigenvalue weighted by Gasteiger charge is 2.24. The molecule has 1 amide bonds. The normalized spacial score (nSPS) is 11.8. The third kappa shape index (κ3) is 4.03. The van der Waals surface area contributed by atoms with Crippen LogP contribution in [0.4, 0.5) is 5.69 Å². The maximum absolute atomic E-state index is 13.4. The van der Waals surface area contributed by atoms with Crippen LogP contribution in [-0.2, 0) is 16.9 Å². The Kier molecular flexibility index (Phi) is 5.26. The minimum atomic E-state index is -0.395. The number of aryl methyl sites for hydroxylation is 2. The zero-order valence-corrected chi connectivity index (χ0v) is 19.1. The summed E-state index contributed by atoms with van der Waals surface area (Å²) in [6, 6.07) is 9.75. The highest BCUT2D eigenvalue weighted by Crippen LogP contribution is 2.30. The Morgan fingerprint density at radius 3 is 2.65 bits per heavy atom. The maximum Gasteiger partial charge on any atom is 0.293 e. The van der Waals surface area contributed by atoms with Crippen LogP contribution in [0.1, 0.15) is 31.9 Å².